The van der Waals surface area contributed by atoms with Crippen LogP contribution in [0.2, 0.25) is 0 Å². The maximum atomic E-state index is 13.3. The Bertz CT molecular complexity index is 842. The Balaban J connectivity index is 3.04. The number of benzene rings is 1. The van der Waals surface area contributed by atoms with Crippen LogP contribution in [0.3, 0.4) is 0 Å². The molecule has 9 N–H and O–H groups in total. The van der Waals surface area contributed by atoms with Crippen molar-refractivity contribution in [2.24, 2.45) is 11.5 Å². The number of carbonyl (C=O) groups excluding carboxylic acids is 3. The number of carbonyl (C=O) groups is 4. The van der Waals surface area contributed by atoms with Crippen molar-refractivity contribution in [1.82, 2.24) is 16.0 Å². The molecule has 0 aliphatic carbocycles. The zero-order valence-electron chi connectivity index (χ0n) is 20.8. The number of amides is 3. The van der Waals surface area contributed by atoms with Gasteiger partial charge < -0.3 is 37.6 Å². The van der Waals surface area contributed by atoms with Crippen molar-refractivity contribution < 1.29 is 29.4 Å². The van der Waals surface area contributed by atoms with Crippen LogP contribution in [0.25, 0.3) is 0 Å². The molecule has 0 aliphatic rings. The van der Waals surface area contributed by atoms with Crippen molar-refractivity contribution in [3.05, 3.63) is 35.9 Å². The first kappa shape index (κ1) is 31.4. The SMILES string of the molecule is CSCCC(NC(=O)C(Cc1ccccc1)NC(=O)C(N)CCCCN)C(=O)NC(C(=O)O)C(C)O. The fourth-order valence-electron chi connectivity index (χ4n) is 3.40. The van der Waals surface area contributed by atoms with Gasteiger partial charge in [0.2, 0.25) is 17.7 Å². The number of unbranched alkanes of at least 4 members (excludes halogenated alkanes) is 1. The number of rotatable bonds is 17. The number of nitrogens with two attached hydrogens (primary N) is 2. The number of thioether (sulfide) groups is 1. The zero-order chi connectivity index (χ0) is 27.1. The molecule has 0 saturated heterocycles. The van der Waals surface area contributed by atoms with Crippen LogP contribution in [0.1, 0.15) is 38.2 Å². The number of hydrogen-bond donors (Lipinski definition) is 7. The van der Waals surface area contributed by atoms with Gasteiger partial charge in [-0.3, -0.25) is 14.4 Å². The number of aliphatic hydroxyl groups is 1. The number of hydrogen-bond acceptors (Lipinski definition) is 8. The fourth-order valence-corrected chi connectivity index (χ4v) is 3.87. The molecule has 0 radical (unpaired) electrons. The van der Waals surface area contributed by atoms with Gasteiger partial charge in [0.15, 0.2) is 6.04 Å². The molecule has 0 fully saturated rings. The molecule has 0 aliphatic heterocycles. The topological polar surface area (TPSA) is 197 Å². The van der Waals surface area contributed by atoms with Crippen LogP contribution in [0.4, 0.5) is 0 Å². The van der Waals surface area contributed by atoms with Gasteiger partial charge in [0.1, 0.15) is 12.1 Å². The summed E-state index contributed by atoms with van der Waals surface area (Å²) in [5, 5.41) is 26.6. The normalized spacial score (nSPS) is 15.1. The minimum absolute atomic E-state index is 0.163. The predicted octanol–water partition coefficient (Wildman–Crippen LogP) is -0.642. The summed E-state index contributed by atoms with van der Waals surface area (Å²) >= 11 is 1.45. The maximum absolute atomic E-state index is 13.3. The van der Waals surface area contributed by atoms with E-state index in [-0.39, 0.29) is 12.8 Å². The zero-order valence-corrected chi connectivity index (χ0v) is 21.6. The molecule has 1 rings (SSSR count). The van der Waals surface area contributed by atoms with E-state index in [1.807, 2.05) is 36.6 Å². The van der Waals surface area contributed by atoms with E-state index in [0.717, 1.165) is 12.0 Å². The minimum atomic E-state index is -1.53. The lowest BCUT2D eigenvalue weighted by Gasteiger charge is -2.26. The average molecular weight is 526 g/mol. The van der Waals surface area contributed by atoms with Crippen LogP contribution in [-0.2, 0) is 25.6 Å². The summed E-state index contributed by atoms with van der Waals surface area (Å²) in [6.45, 7) is 1.74. The second-order valence-corrected chi connectivity index (χ2v) is 9.54. The van der Waals surface area contributed by atoms with E-state index in [1.54, 1.807) is 0 Å². The first-order valence-corrected chi connectivity index (χ1v) is 13.3. The Morgan fingerprint density at radius 1 is 0.944 bits per heavy atom. The molecule has 0 spiro atoms. The smallest absolute Gasteiger partial charge is 0.328 e. The molecule has 5 atom stereocenters. The Labute approximate surface area is 216 Å². The lowest BCUT2D eigenvalue weighted by atomic mass is 10.0. The van der Waals surface area contributed by atoms with Gasteiger partial charge in [-0.05, 0) is 50.3 Å². The highest BCUT2D eigenvalue weighted by atomic mass is 32.2. The van der Waals surface area contributed by atoms with Crippen molar-refractivity contribution in [3.63, 3.8) is 0 Å². The second-order valence-electron chi connectivity index (χ2n) is 8.55. The summed E-state index contributed by atoms with van der Waals surface area (Å²) in [6, 6.07) is 4.63. The Hall–Kier alpha value is -2.67. The van der Waals surface area contributed by atoms with E-state index in [4.69, 9.17) is 11.5 Å². The number of nitrogens with one attached hydrogen (secondary N) is 3. The summed E-state index contributed by atoms with van der Waals surface area (Å²) < 4.78 is 0. The van der Waals surface area contributed by atoms with Gasteiger partial charge in [0.25, 0.3) is 0 Å². The third-order valence-electron chi connectivity index (χ3n) is 5.51. The number of aliphatic carboxylic acids is 1. The van der Waals surface area contributed by atoms with Gasteiger partial charge >= 0.3 is 5.97 Å². The van der Waals surface area contributed by atoms with Gasteiger partial charge in [-0.15, -0.1) is 0 Å². The molecule has 1 aromatic carbocycles. The van der Waals surface area contributed by atoms with E-state index in [2.05, 4.69) is 16.0 Å². The van der Waals surface area contributed by atoms with Crippen molar-refractivity contribution >= 4 is 35.5 Å². The van der Waals surface area contributed by atoms with Gasteiger partial charge in [-0.1, -0.05) is 36.8 Å². The standard InChI is InChI=1S/C24H39N5O6S/c1-15(30)20(24(34)35)29-22(32)18(11-13-36-2)27-23(33)19(14-16-8-4-3-5-9-16)28-21(31)17(26)10-6-7-12-25/h3-5,8-9,15,17-20,30H,6-7,10-14,25-26H2,1-2H3,(H,27,33)(H,28,31)(H,29,32)(H,34,35). The highest BCUT2D eigenvalue weighted by Gasteiger charge is 2.31. The largest absolute Gasteiger partial charge is 0.480 e. The lowest BCUT2D eigenvalue weighted by molar-refractivity contribution is -0.145. The number of aliphatic hydroxyl groups excluding tert-OH is 1. The Kier molecular flexibility index (Phi) is 14.7. The number of carboxylic acids is 1. The van der Waals surface area contributed by atoms with Crippen molar-refractivity contribution in [1.29, 1.82) is 0 Å². The molecule has 3 amide bonds. The molecule has 5 unspecified atom stereocenters. The summed E-state index contributed by atoms with van der Waals surface area (Å²) in [6.07, 6.45) is 2.69. The molecule has 36 heavy (non-hydrogen) atoms. The van der Waals surface area contributed by atoms with E-state index < -0.39 is 54.0 Å². The van der Waals surface area contributed by atoms with Crippen LogP contribution < -0.4 is 27.4 Å². The summed E-state index contributed by atoms with van der Waals surface area (Å²) in [4.78, 5) is 50.2. The van der Waals surface area contributed by atoms with E-state index in [0.29, 0.717) is 25.1 Å². The van der Waals surface area contributed by atoms with Gasteiger partial charge in [0, 0.05) is 6.42 Å². The monoisotopic (exact) mass is 525 g/mol. The van der Waals surface area contributed by atoms with Crippen molar-refractivity contribution in [2.45, 2.75) is 69.3 Å². The molecule has 0 aromatic heterocycles. The first-order valence-electron chi connectivity index (χ1n) is 11.9. The lowest BCUT2D eigenvalue weighted by Crippen LogP contribution is -2.58. The maximum Gasteiger partial charge on any atom is 0.328 e. The van der Waals surface area contributed by atoms with Gasteiger partial charge in [-0.2, -0.15) is 11.8 Å². The third kappa shape index (κ3) is 11.4. The molecule has 1 aromatic rings. The molecular weight excluding hydrogens is 486 g/mol. The average Bonchev–Trinajstić information content (AvgIpc) is 2.84. The van der Waals surface area contributed by atoms with Crippen LogP contribution in [0, 0.1) is 0 Å². The number of carboxylic acid groups (broad SMARTS) is 1. The molecule has 11 nitrogen and oxygen atoms in total. The highest BCUT2D eigenvalue weighted by molar-refractivity contribution is 7.98. The molecule has 202 valence electrons. The minimum Gasteiger partial charge on any atom is -0.480 e. The van der Waals surface area contributed by atoms with Crippen LogP contribution in [-0.4, -0.2) is 82.7 Å². The highest BCUT2D eigenvalue weighted by Crippen LogP contribution is 2.08. The summed E-state index contributed by atoms with van der Waals surface area (Å²) in [7, 11) is 0. The van der Waals surface area contributed by atoms with Gasteiger partial charge in [0.05, 0.1) is 12.1 Å². The second kappa shape index (κ2) is 16.9. The van der Waals surface area contributed by atoms with Crippen LogP contribution >= 0.6 is 11.8 Å². The van der Waals surface area contributed by atoms with Crippen LogP contribution in [0.15, 0.2) is 30.3 Å². The quantitative estimate of drug-likeness (QED) is 0.129. The van der Waals surface area contributed by atoms with E-state index in [1.165, 1.54) is 18.7 Å². The van der Waals surface area contributed by atoms with Gasteiger partial charge in [-0.25, -0.2) is 4.79 Å². The molecule has 0 saturated carbocycles. The summed E-state index contributed by atoms with van der Waals surface area (Å²) in [5.74, 6) is -2.73. The molecule has 12 heteroatoms. The molecule has 0 heterocycles. The van der Waals surface area contributed by atoms with E-state index >= 15 is 0 Å². The Morgan fingerprint density at radius 3 is 2.11 bits per heavy atom. The fraction of sp³-hybridized carbons (Fsp3) is 0.583. The van der Waals surface area contributed by atoms with Crippen molar-refractivity contribution in [2.75, 3.05) is 18.6 Å². The third-order valence-corrected chi connectivity index (χ3v) is 6.16. The predicted molar refractivity (Wildman–Crippen MR) is 139 cm³/mol. The van der Waals surface area contributed by atoms with Crippen molar-refractivity contribution in [3.8, 4) is 0 Å². The summed E-state index contributed by atoms with van der Waals surface area (Å²) in [5.41, 5.74) is 12.3. The van der Waals surface area contributed by atoms with Crippen LogP contribution in [0.5, 0.6) is 0 Å². The molecule has 0 bridgehead atoms. The molecular formula is C24H39N5O6S. The van der Waals surface area contributed by atoms with E-state index in [9.17, 15) is 29.4 Å². The Morgan fingerprint density at radius 2 is 1.56 bits per heavy atom. The first-order chi connectivity index (χ1) is 17.1.